The van der Waals surface area contributed by atoms with Crippen molar-refractivity contribution in [1.29, 1.82) is 0 Å². The number of nitrogens with one attached hydrogen (secondary N) is 1. The molecule has 2 bridgehead atoms. The Morgan fingerprint density at radius 1 is 1.50 bits per heavy atom. The van der Waals surface area contributed by atoms with Crippen molar-refractivity contribution >= 4 is 17.3 Å². The topological polar surface area (TPSA) is 49.3 Å². The van der Waals surface area contributed by atoms with Crippen LogP contribution in [0.5, 0.6) is 0 Å². The van der Waals surface area contributed by atoms with Crippen molar-refractivity contribution in [2.45, 2.75) is 37.3 Å². The van der Waals surface area contributed by atoms with Gasteiger partial charge in [0.2, 0.25) is 0 Å². The van der Waals surface area contributed by atoms with Crippen LogP contribution in [-0.4, -0.2) is 23.2 Å². The molecule has 2 aliphatic rings. The fourth-order valence-corrected chi connectivity index (χ4v) is 4.14. The first-order valence-electron chi connectivity index (χ1n) is 5.78. The second-order valence-electron chi connectivity index (χ2n) is 4.77. The van der Waals surface area contributed by atoms with E-state index in [0.29, 0.717) is 12.1 Å². The predicted octanol–water partition coefficient (Wildman–Crippen LogP) is 2.06. The van der Waals surface area contributed by atoms with Crippen molar-refractivity contribution in [3.8, 4) is 0 Å². The minimum absolute atomic E-state index is 0.177. The van der Waals surface area contributed by atoms with Gasteiger partial charge in [0, 0.05) is 22.9 Å². The summed E-state index contributed by atoms with van der Waals surface area (Å²) >= 11 is 1.68. The Kier molecular flexibility index (Phi) is 2.48. The van der Waals surface area contributed by atoms with Gasteiger partial charge in [0.25, 0.3) is 0 Å². The summed E-state index contributed by atoms with van der Waals surface area (Å²) in [6.45, 7) is 0. The summed E-state index contributed by atoms with van der Waals surface area (Å²) in [5.74, 6) is -0.648. The highest BCUT2D eigenvalue weighted by molar-refractivity contribution is 7.10. The Bertz CT molecular complexity index is 390. The van der Waals surface area contributed by atoms with Crippen LogP contribution in [0.15, 0.2) is 17.5 Å². The maximum Gasteiger partial charge on any atom is 0.307 e. The Balaban J connectivity index is 1.94. The molecule has 2 N–H and O–H groups in total. The largest absolute Gasteiger partial charge is 0.481 e. The molecule has 2 fully saturated rings. The zero-order chi connectivity index (χ0) is 11.1. The summed E-state index contributed by atoms with van der Waals surface area (Å²) in [4.78, 5) is 12.6. The van der Waals surface area contributed by atoms with Crippen molar-refractivity contribution in [3.05, 3.63) is 22.4 Å². The number of piperidine rings is 1. The number of hydrogen-bond acceptors (Lipinski definition) is 3. The molecule has 86 valence electrons. The third kappa shape index (κ3) is 1.57. The van der Waals surface area contributed by atoms with Gasteiger partial charge in [-0.25, -0.2) is 0 Å². The lowest BCUT2D eigenvalue weighted by atomic mass is 9.80. The van der Waals surface area contributed by atoms with Crippen LogP contribution in [0, 0.1) is 5.92 Å². The van der Waals surface area contributed by atoms with Crippen molar-refractivity contribution in [3.63, 3.8) is 0 Å². The molecule has 2 aliphatic heterocycles. The van der Waals surface area contributed by atoms with Gasteiger partial charge in [-0.15, -0.1) is 11.3 Å². The van der Waals surface area contributed by atoms with Crippen molar-refractivity contribution in [2.24, 2.45) is 5.92 Å². The summed E-state index contributed by atoms with van der Waals surface area (Å²) in [5.41, 5.74) is 0. The van der Waals surface area contributed by atoms with Crippen LogP contribution in [0.3, 0.4) is 0 Å². The zero-order valence-corrected chi connectivity index (χ0v) is 9.74. The highest BCUT2D eigenvalue weighted by atomic mass is 32.1. The molecular formula is C12H15NO2S. The van der Waals surface area contributed by atoms with Gasteiger partial charge >= 0.3 is 5.97 Å². The fraction of sp³-hybridized carbons (Fsp3) is 0.583. The van der Waals surface area contributed by atoms with Gasteiger partial charge in [0.1, 0.15) is 0 Å². The molecule has 4 heteroatoms. The third-order valence-corrected chi connectivity index (χ3v) is 4.84. The number of rotatable bonds is 2. The number of fused-ring (bicyclic) bond motifs is 2. The van der Waals surface area contributed by atoms with Gasteiger partial charge in [-0.1, -0.05) is 6.07 Å². The monoisotopic (exact) mass is 237 g/mol. The quantitative estimate of drug-likeness (QED) is 0.827. The van der Waals surface area contributed by atoms with Gasteiger partial charge in [0.15, 0.2) is 0 Å². The van der Waals surface area contributed by atoms with E-state index in [0.717, 1.165) is 19.3 Å². The molecule has 0 spiro atoms. The average molecular weight is 237 g/mol. The van der Waals surface area contributed by atoms with E-state index in [4.69, 9.17) is 0 Å². The Labute approximate surface area is 98.5 Å². The molecule has 0 radical (unpaired) electrons. The third-order valence-electron chi connectivity index (χ3n) is 3.87. The molecule has 1 aromatic rings. The van der Waals surface area contributed by atoms with Crippen LogP contribution in [-0.2, 0) is 4.79 Å². The standard InChI is InChI=1S/C12H15NO2S/c14-12(15)8-6-7-3-4-9(13-7)11(8)10-2-1-5-16-10/h1-2,5,7-9,11,13H,3-4,6H2,(H,14,15)/t7-,8-,9+,11-/m0/s1. The Hall–Kier alpha value is -0.870. The number of hydrogen-bond donors (Lipinski definition) is 2. The maximum absolute atomic E-state index is 11.4. The van der Waals surface area contributed by atoms with E-state index in [2.05, 4.69) is 11.4 Å². The molecule has 3 nitrogen and oxygen atoms in total. The molecule has 0 aromatic carbocycles. The van der Waals surface area contributed by atoms with E-state index < -0.39 is 5.97 Å². The lowest BCUT2D eigenvalue weighted by Gasteiger charge is -2.34. The smallest absolute Gasteiger partial charge is 0.307 e. The van der Waals surface area contributed by atoms with E-state index >= 15 is 0 Å². The van der Waals surface area contributed by atoms with E-state index in [-0.39, 0.29) is 11.8 Å². The Morgan fingerprint density at radius 3 is 3.06 bits per heavy atom. The second kappa shape index (κ2) is 3.86. The Morgan fingerprint density at radius 2 is 2.38 bits per heavy atom. The van der Waals surface area contributed by atoms with Crippen molar-refractivity contribution in [2.75, 3.05) is 0 Å². The molecule has 0 saturated carbocycles. The average Bonchev–Trinajstić information content (AvgIpc) is 2.89. The summed E-state index contributed by atoms with van der Waals surface area (Å²) < 4.78 is 0. The lowest BCUT2D eigenvalue weighted by molar-refractivity contribution is -0.143. The number of carbonyl (C=O) groups is 1. The molecular weight excluding hydrogens is 222 g/mol. The van der Waals surface area contributed by atoms with E-state index in [9.17, 15) is 9.90 Å². The number of carboxylic acid groups (broad SMARTS) is 1. The summed E-state index contributed by atoms with van der Waals surface area (Å²) in [6.07, 6.45) is 3.04. The first kappa shape index (κ1) is 10.3. The van der Waals surface area contributed by atoms with Crippen LogP contribution < -0.4 is 5.32 Å². The van der Waals surface area contributed by atoms with Gasteiger partial charge in [-0.2, -0.15) is 0 Å². The lowest BCUT2D eigenvalue weighted by Crippen LogP contribution is -2.46. The van der Waals surface area contributed by atoms with Crippen molar-refractivity contribution in [1.82, 2.24) is 5.32 Å². The summed E-state index contributed by atoms with van der Waals surface area (Å²) in [7, 11) is 0. The SMILES string of the molecule is O=C(O)[C@H]1C[C@@H]2CC[C@@H](N2)[C@H]1c1cccs1. The van der Waals surface area contributed by atoms with Gasteiger partial charge in [-0.05, 0) is 30.7 Å². The van der Waals surface area contributed by atoms with E-state index in [1.807, 2.05) is 11.4 Å². The van der Waals surface area contributed by atoms with Gasteiger partial charge in [-0.3, -0.25) is 4.79 Å². The van der Waals surface area contributed by atoms with Crippen LogP contribution in [0.4, 0.5) is 0 Å². The molecule has 3 rings (SSSR count). The molecule has 2 saturated heterocycles. The molecule has 0 aliphatic carbocycles. The minimum Gasteiger partial charge on any atom is -0.481 e. The molecule has 3 heterocycles. The van der Waals surface area contributed by atoms with Crippen LogP contribution in [0.25, 0.3) is 0 Å². The first-order chi connectivity index (χ1) is 7.75. The summed E-state index contributed by atoms with van der Waals surface area (Å²) in [6, 6.07) is 4.90. The molecule has 16 heavy (non-hydrogen) atoms. The van der Waals surface area contributed by atoms with Crippen LogP contribution in [0.1, 0.15) is 30.1 Å². The summed E-state index contributed by atoms with van der Waals surface area (Å²) in [5, 5.41) is 14.9. The highest BCUT2D eigenvalue weighted by Gasteiger charge is 2.45. The maximum atomic E-state index is 11.4. The minimum atomic E-state index is -0.628. The van der Waals surface area contributed by atoms with Crippen LogP contribution >= 0.6 is 11.3 Å². The molecule has 1 aromatic heterocycles. The molecule has 0 amide bonds. The highest BCUT2D eigenvalue weighted by Crippen LogP contribution is 2.43. The van der Waals surface area contributed by atoms with Gasteiger partial charge in [0.05, 0.1) is 5.92 Å². The van der Waals surface area contributed by atoms with Crippen LogP contribution in [0.2, 0.25) is 0 Å². The van der Waals surface area contributed by atoms with E-state index in [1.54, 1.807) is 11.3 Å². The first-order valence-corrected chi connectivity index (χ1v) is 6.66. The van der Waals surface area contributed by atoms with Crippen molar-refractivity contribution < 1.29 is 9.90 Å². The normalized spacial score (nSPS) is 37.5. The number of thiophene rings is 1. The molecule has 4 atom stereocenters. The zero-order valence-electron chi connectivity index (χ0n) is 8.93. The fourth-order valence-electron chi connectivity index (χ4n) is 3.18. The number of carboxylic acids is 1. The van der Waals surface area contributed by atoms with Gasteiger partial charge < -0.3 is 10.4 Å². The second-order valence-corrected chi connectivity index (χ2v) is 5.75. The van der Waals surface area contributed by atoms with E-state index in [1.165, 1.54) is 4.88 Å². The predicted molar refractivity (Wildman–Crippen MR) is 62.7 cm³/mol. The number of aliphatic carboxylic acids is 1. The molecule has 0 unspecified atom stereocenters.